The minimum atomic E-state index is 0.335. The van der Waals surface area contributed by atoms with Crippen LogP contribution in [0.4, 0.5) is 0 Å². The molecule has 4 aromatic rings. The number of rotatable bonds is 6. The molecular weight excluding hydrogens is 380 g/mol. The molecule has 0 spiro atoms. The van der Waals surface area contributed by atoms with Gasteiger partial charge in [0.2, 0.25) is 0 Å². The highest BCUT2D eigenvalue weighted by Gasteiger charge is 2.14. The number of aromatic nitrogens is 3. The number of nitrogens with zero attached hydrogens (tertiary/aromatic N) is 6. The Morgan fingerprint density at radius 1 is 1.03 bits per heavy atom. The van der Waals surface area contributed by atoms with E-state index >= 15 is 0 Å². The predicted octanol–water partition coefficient (Wildman–Crippen LogP) is 6.48. The summed E-state index contributed by atoms with van der Waals surface area (Å²) in [5, 5.41) is 12.5. The van der Waals surface area contributed by atoms with Crippen molar-refractivity contribution in [2.75, 3.05) is 0 Å². The van der Waals surface area contributed by atoms with Crippen molar-refractivity contribution in [3.63, 3.8) is 0 Å². The number of benzene rings is 2. The van der Waals surface area contributed by atoms with Gasteiger partial charge in [0.05, 0.1) is 6.54 Å². The number of hydrogen-bond acceptors (Lipinski definition) is 4. The van der Waals surface area contributed by atoms with Crippen molar-refractivity contribution in [1.82, 2.24) is 14.6 Å². The van der Waals surface area contributed by atoms with Crippen molar-refractivity contribution in [2.45, 2.75) is 36.1 Å². The van der Waals surface area contributed by atoms with Crippen molar-refractivity contribution >= 4 is 17.4 Å². The minimum absolute atomic E-state index is 0.335. The molecule has 0 aliphatic heterocycles. The lowest BCUT2D eigenvalue weighted by atomic mass is 9.97. The van der Waals surface area contributed by atoms with Crippen LogP contribution in [-0.2, 0) is 6.54 Å². The SMILES string of the molecule is CC(C)c1ccccc1-c1nnc2ccc(Sc3ccccc3CN=[N+]=[N-])cn12. The van der Waals surface area contributed by atoms with Crippen LogP contribution in [0.25, 0.3) is 27.5 Å². The maximum atomic E-state index is 8.64. The molecule has 0 amide bonds. The molecule has 144 valence electrons. The van der Waals surface area contributed by atoms with Crippen LogP contribution in [0.2, 0.25) is 0 Å². The van der Waals surface area contributed by atoms with E-state index in [2.05, 4.69) is 58.5 Å². The molecular formula is C22H20N6S. The maximum Gasteiger partial charge on any atom is 0.168 e. The highest BCUT2D eigenvalue weighted by atomic mass is 32.2. The van der Waals surface area contributed by atoms with E-state index in [9.17, 15) is 0 Å². The van der Waals surface area contributed by atoms with Gasteiger partial charge in [0.25, 0.3) is 0 Å². The summed E-state index contributed by atoms with van der Waals surface area (Å²) < 4.78 is 2.04. The summed E-state index contributed by atoms with van der Waals surface area (Å²) in [5.41, 5.74) is 12.8. The van der Waals surface area contributed by atoms with Gasteiger partial charge in [-0.2, -0.15) is 0 Å². The molecule has 29 heavy (non-hydrogen) atoms. The lowest BCUT2D eigenvalue weighted by Gasteiger charge is -2.12. The van der Waals surface area contributed by atoms with Gasteiger partial charge in [0.15, 0.2) is 11.5 Å². The Bertz CT molecular complexity index is 1210. The number of pyridine rings is 1. The van der Waals surface area contributed by atoms with Gasteiger partial charge in [-0.3, -0.25) is 4.40 Å². The quantitative estimate of drug-likeness (QED) is 0.211. The standard InChI is InChI=1S/C22H20N6S/c1-15(2)18-8-4-5-9-19(18)22-26-25-21-12-11-17(14-28(21)22)29-20-10-6-3-7-16(20)13-24-27-23/h3-12,14-15H,13H2,1-2H3. The fourth-order valence-corrected chi connectivity index (χ4v) is 4.25. The predicted molar refractivity (Wildman–Crippen MR) is 116 cm³/mol. The minimum Gasteiger partial charge on any atom is -0.281 e. The second-order valence-electron chi connectivity index (χ2n) is 6.96. The van der Waals surface area contributed by atoms with Crippen LogP contribution in [0.15, 0.2) is 81.8 Å². The van der Waals surface area contributed by atoms with Crippen molar-refractivity contribution in [1.29, 1.82) is 0 Å². The lowest BCUT2D eigenvalue weighted by molar-refractivity contribution is 0.865. The van der Waals surface area contributed by atoms with Crippen LogP contribution in [0.1, 0.15) is 30.9 Å². The smallest absolute Gasteiger partial charge is 0.168 e. The van der Waals surface area contributed by atoms with E-state index in [4.69, 9.17) is 5.53 Å². The Morgan fingerprint density at radius 3 is 2.66 bits per heavy atom. The summed E-state index contributed by atoms with van der Waals surface area (Å²) in [7, 11) is 0. The van der Waals surface area contributed by atoms with Gasteiger partial charge in [0, 0.05) is 26.5 Å². The molecule has 0 N–H and O–H groups in total. The molecule has 0 atom stereocenters. The zero-order chi connectivity index (χ0) is 20.2. The Kier molecular flexibility index (Phi) is 5.51. The third-order valence-electron chi connectivity index (χ3n) is 4.70. The topological polar surface area (TPSA) is 79.0 Å². The van der Waals surface area contributed by atoms with Crippen LogP contribution in [0.3, 0.4) is 0 Å². The molecule has 0 unspecified atom stereocenters. The first kappa shape index (κ1) is 19.1. The van der Waals surface area contributed by atoms with Crippen LogP contribution in [-0.4, -0.2) is 14.6 Å². The Morgan fingerprint density at radius 2 is 1.83 bits per heavy atom. The molecule has 2 aromatic carbocycles. The number of fused-ring (bicyclic) bond motifs is 1. The highest BCUT2D eigenvalue weighted by molar-refractivity contribution is 7.99. The molecule has 0 saturated heterocycles. The van der Waals surface area contributed by atoms with Crippen LogP contribution < -0.4 is 0 Å². The molecule has 6 nitrogen and oxygen atoms in total. The number of hydrogen-bond donors (Lipinski definition) is 0. The molecule has 0 saturated carbocycles. The largest absolute Gasteiger partial charge is 0.281 e. The van der Waals surface area contributed by atoms with Gasteiger partial charge >= 0.3 is 0 Å². The van der Waals surface area contributed by atoms with Crippen molar-refractivity contribution in [3.8, 4) is 11.4 Å². The summed E-state index contributed by atoms with van der Waals surface area (Å²) in [6.07, 6.45) is 2.07. The maximum absolute atomic E-state index is 8.64. The van der Waals surface area contributed by atoms with Gasteiger partial charge in [0.1, 0.15) is 0 Å². The fraction of sp³-hybridized carbons (Fsp3) is 0.182. The summed E-state index contributed by atoms with van der Waals surface area (Å²) >= 11 is 1.64. The average Bonchev–Trinajstić information content (AvgIpc) is 3.16. The molecule has 2 aromatic heterocycles. The van der Waals surface area contributed by atoms with Gasteiger partial charge in [-0.05, 0) is 40.8 Å². The monoisotopic (exact) mass is 400 g/mol. The summed E-state index contributed by atoms with van der Waals surface area (Å²) in [6.45, 7) is 4.70. The third-order valence-corrected chi connectivity index (χ3v) is 5.80. The fourth-order valence-electron chi connectivity index (χ4n) is 3.29. The zero-order valence-corrected chi connectivity index (χ0v) is 17.0. The van der Waals surface area contributed by atoms with Gasteiger partial charge in [-0.1, -0.05) is 73.2 Å². The molecule has 0 radical (unpaired) electrons. The van der Waals surface area contributed by atoms with Crippen molar-refractivity contribution in [2.24, 2.45) is 5.11 Å². The summed E-state index contributed by atoms with van der Waals surface area (Å²) in [4.78, 5) is 5.01. The van der Waals surface area contributed by atoms with E-state index in [1.807, 2.05) is 46.9 Å². The number of azide groups is 1. The molecule has 0 aliphatic carbocycles. The van der Waals surface area contributed by atoms with Gasteiger partial charge < -0.3 is 0 Å². The summed E-state index contributed by atoms with van der Waals surface area (Å²) in [6, 6.07) is 20.3. The van der Waals surface area contributed by atoms with Gasteiger partial charge in [-0.15, -0.1) is 10.2 Å². The second-order valence-corrected chi connectivity index (χ2v) is 8.07. The Hall–Kier alpha value is -3.28. The normalized spacial score (nSPS) is 11.0. The van der Waals surface area contributed by atoms with E-state index in [0.717, 1.165) is 32.4 Å². The first-order valence-corrected chi connectivity index (χ1v) is 10.2. The van der Waals surface area contributed by atoms with Crippen molar-refractivity contribution in [3.05, 3.63) is 88.4 Å². The van der Waals surface area contributed by atoms with Crippen LogP contribution in [0.5, 0.6) is 0 Å². The first-order valence-electron chi connectivity index (χ1n) is 9.38. The van der Waals surface area contributed by atoms with Crippen LogP contribution >= 0.6 is 11.8 Å². The second kappa shape index (κ2) is 8.39. The van der Waals surface area contributed by atoms with Crippen molar-refractivity contribution < 1.29 is 0 Å². The molecule has 0 aliphatic rings. The van der Waals surface area contributed by atoms with E-state index in [0.29, 0.717) is 12.5 Å². The van der Waals surface area contributed by atoms with E-state index < -0.39 is 0 Å². The van der Waals surface area contributed by atoms with Crippen LogP contribution in [0, 0.1) is 0 Å². The van der Waals surface area contributed by atoms with E-state index in [1.165, 1.54) is 5.56 Å². The zero-order valence-electron chi connectivity index (χ0n) is 16.2. The highest BCUT2D eigenvalue weighted by Crippen LogP contribution is 2.33. The van der Waals surface area contributed by atoms with E-state index in [-0.39, 0.29) is 0 Å². The first-order chi connectivity index (χ1) is 14.2. The lowest BCUT2D eigenvalue weighted by Crippen LogP contribution is -1.96. The molecule has 0 fully saturated rings. The third kappa shape index (κ3) is 3.97. The summed E-state index contributed by atoms with van der Waals surface area (Å²) in [5.74, 6) is 1.23. The molecule has 0 bridgehead atoms. The molecule has 7 heteroatoms. The molecule has 4 rings (SSSR count). The van der Waals surface area contributed by atoms with E-state index in [1.54, 1.807) is 11.8 Å². The Balaban J connectivity index is 1.75. The van der Waals surface area contributed by atoms with Gasteiger partial charge in [-0.25, -0.2) is 0 Å². The molecule has 2 heterocycles. The average molecular weight is 401 g/mol. The Labute approximate surface area is 173 Å².